The SMILES string of the molecule is C[C@H](N)C(=O)N(C(=O)[C@@H](O)c1cc(F)cc(F)c1)[C@@H]1C(=O)N[C@H](c2ccccc2)CC[C@H]1c1ccccc1. The van der Waals surface area contributed by atoms with Crippen LogP contribution in [0.3, 0.4) is 0 Å². The van der Waals surface area contributed by atoms with Crippen molar-refractivity contribution in [2.24, 2.45) is 5.73 Å². The summed E-state index contributed by atoms with van der Waals surface area (Å²) in [6.45, 7) is 1.36. The van der Waals surface area contributed by atoms with E-state index in [1.165, 1.54) is 6.92 Å². The van der Waals surface area contributed by atoms with Gasteiger partial charge < -0.3 is 16.2 Å². The van der Waals surface area contributed by atoms with Crippen LogP contribution in [0.5, 0.6) is 0 Å². The Morgan fingerprint density at radius 2 is 1.47 bits per heavy atom. The Morgan fingerprint density at radius 1 is 0.921 bits per heavy atom. The molecule has 38 heavy (non-hydrogen) atoms. The number of carbonyl (C=O) groups is 3. The number of halogens is 2. The molecule has 0 aliphatic carbocycles. The number of carbonyl (C=O) groups excluding carboxylic acids is 3. The zero-order valence-electron chi connectivity index (χ0n) is 20.8. The highest BCUT2D eigenvalue weighted by Crippen LogP contribution is 2.36. The van der Waals surface area contributed by atoms with Crippen LogP contribution in [0.4, 0.5) is 8.78 Å². The second-order valence-electron chi connectivity index (χ2n) is 9.45. The monoisotopic (exact) mass is 521 g/mol. The lowest BCUT2D eigenvalue weighted by Crippen LogP contribution is -2.58. The Hall–Kier alpha value is -3.95. The van der Waals surface area contributed by atoms with E-state index >= 15 is 0 Å². The number of imide groups is 1. The highest BCUT2D eigenvalue weighted by Gasteiger charge is 2.45. The minimum absolute atomic E-state index is 0.385. The topological polar surface area (TPSA) is 113 Å². The first-order valence-electron chi connectivity index (χ1n) is 12.3. The van der Waals surface area contributed by atoms with E-state index in [4.69, 9.17) is 5.73 Å². The van der Waals surface area contributed by atoms with Crippen molar-refractivity contribution in [2.75, 3.05) is 0 Å². The van der Waals surface area contributed by atoms with Crippen LogP contribution in [-0.2, 0) is 14.4 Å². The summed E-state index contributed by atoms with van der Waals surface area (Å²) in [5.74, 6) is -5.34. The van der Waals surface area contributed by atoms with E-state index in [1.807, 2.05) is 30.3 Å². The summed E-state index contributed by atoms with van der Waals surface area (Å²) in [5.41, 5.74) is 7.06. The van der Waals surface area contributed by atoms with Crippen LogP contribution in [0, 0.1) is 11.6 Å². The molecule has 1 aliphatic heterocycles. The van der Waals surface area contributed by atoms with Crippen molar-refractivity contribution in [3.8, 4) is 0 Å². The molecule has 0 unspecified atom stereocenters. The van der Waals surface area contributed by atoms with Crippen LogP contribution in [-0.4, -0.2) is 39.8 Å². The fourth-order valence-electron chi connectivity index (χ4n) is 4.91. The zero-order valence-corrected chi connectivity index (χ0v) is 20.8. The Labute approximate surface area is 219 Å². The van der Waals surface area contributed by atoms with Crippen molar-refractivity contribution in [1.82, 2.24) is 10.2 Å². The van der Waals surface area contributed by atoms with Gasteiger partial charge in [0, 0.05) is 12.0 Å². The molecule has 3 aromatic carbocycles. The summed E-state index contributed by atoms with van der Waals surface area (Å²) in [6.07, 6.45) is -1.19. The number of hydrogen-bond donors (Lipinski definition) is 3. The fourth-order valence-corrected chi connectivity index (χ4v) is 4.91. The van der Waals surface area contributed by atoms with E-state index in [0.29, 0.717) is 29.4 Å². The first-order valence-corrected chi connectivity index (χ1v) is 12.3. The smallest absolute Gasteiger partial charge is 0.263 e. The first kappa shape index (κ1) is 27.1. The summed E-state index contributed by atoms with van der Waals surface area (Å²) in [5, 5.41) is 13.8. The van der Waals surface area contributed by atoms with Gasteiger partial charge in [0.15, 0.2) is 6.10 Å². The van der Waals surface area contributed by atoms with Gasteiger partial charge in [0.2, 0.25) is 11.8 Å². The summed E-state index contributed by atoms with van der Waals surface area (Å²) in [4.78, 5) is 41.5. The van der Waals surface area contributed by atoms with Crippen LogP contribution >= 0.6 is 0 Å². The van der Waals surface area contributed by atoms with E-state index in [0.717, 1.165) is 17.7 Å². The maximum absolute atomic E-state index is 13.9. The van der Waals surface area contributed by atoms with Gasteiger partial charge in [-0.3, -0.25) is 19.3 Å². The predicted octanol–water partition coefficient (Wildman–Crippen LogP) is 3.50. The molecule has 0 radical (unpaired) electrons. The number of nitrogens with two attached hydrogens (primary N) is 1. The average molecular weight is 522 g/mol. The first-order chi connectivity index (χ1) is 18.2. The lowest BCUT2D eigenvalue weighted by molar-refractivity contribution is -0.158. The predicted molar refractivity (Wildman–Crippen MR) is 136 cm³/mol. The lowest BCUT2D eigenvalue weighted by atomic mass is 9.85. The van der Waals surface area contributed by atoms with E-state index in [-0.39, 0.29) is 11.6 Å². The number of benzene rings is 3. The van der Waals surface area contributed by atoms with Crippen LogP contribution in [0.15, 0.2) is 78.9 Å². The number of amides is 3. The van der Waals surface area contributed by atoms with Crippen LogP contribution < -0.4 is 11.1 Å². The molecular weight excluding hydrogens is 492 g/mol. The minimum Gasteiger partial charge on any atom is -0.378 e. The van der Waals surface area contributed by atoms with Gasteiger partial charge in [0.05, 0.1) is 12.1 Å². The van der Waals surface area contributed by atoms with Gasteiger partial charge in [-0.05, 0) is 48.6 Å². The molecule has 3 aromatic rings. The van der Waals surface area contributed by atoms with Gasteiger partial charge in [0.25, 0.3) is 5.91 Å². The molecule has 4 rings (SSSR count). The van der Waals surface area contributed by atoms with E-state index < -0.39 is 53.5 Å². The van der Waals surface area contributed by atoms with Crippen molar-refractivity contribution in [3.63, 3.8) is 0 Å². The molecule has 0 bridgehead atoms. The molecule has 1 aliphatic rings. The standard InChI is InChI=1S/C29H29F2N3O4/c1-17(32)28(37)34(29(38)26(35)20-14-21(30)16-22(31)15-20)25-23(18-8-4-2-5-9-18)12-13-24(33-27(25)36)19-10-6-3-7-11-19/h2-11,14-17,23-26,35H,12-13,32H2,1H3,(H,33,36)/t17-,23-,24-,25-,26-/m0/s1. The molecule has 9 heteroatoms. The molecule has 7 nitrogen and oxygen atoms in total. The Kier molecular flexibility index (Phi) is 8.29. The van der Waals surface area contributed by atoms with Crippen molar-refractivity contribution < 1.29 is 28.3 Å². The second-order valence-corrected chi connectivity index (χ2v) is 9.45. The van der Waals surface area contributed by atoms with E-state index in [9.17, 15) is 28.3 Å². The molecule has 4 N–H and O–H groups in total. The van der Waals surface area contributed by atoms with E-state index in [2.05, 4.69) is 5.32 Å². The highest BCUT2D eigenvalue weighted by atomic mass is 19.1. The molecule has 198 valence electrons. The molecular formula is C29H29F2N3O4. The third kappa shape index (κ3) is 5.79. The normalized spacial score (nSPS) is 21.1. The minimum atomic E-state index is -2.11. The van der Waals surface area contributed by atoms with Crippen LogP contribution in [0.1, 0.15) is 54.5 Å². The largest absolute Gasteiger partial charge is 0.378 e. The molecule has 0 saturated carbocycles. The summed E-state index contributed by atoms with van der Waals surface area (Å²) >= 11 is 0. The molecule has 3 amide bonds. The third-order valence-corrected chi connectivity index (χ3v) is 6.74. The Morgan fingerprint density at radius 3 is 2.03 bits per heavy atom. The van der Waals surface area contributed by atoms with Crippen molar-refractivity contribution in [2.45, 2.75) is 49.9 Å². The van der Waals surface area contributed by atoms with Gasteiger partial charge in [0.1, 0.15) is 17.7 Å². The molecule has 0 spiro atoms. The number of rotatable bonds is 6. The molecule has 1 saturated heterocycles. The summed E-state index contributed by atoms with van der Waals surface area (Å²) < 4.78 is 27.7. The summed E-state index contributed by atoms with van der Waals surface area (Å²) in [6, 6.07) is 17.5. The third-order valence-electron chi connectivity index (χ3n) is 6.74. The maximum Gasteiger partial charge on any atom is 0.263 e. The lowest BCUT2D eigenvalue weighted by Gasteiger charge is -2.35. The molecule has 0 aromatic heterocycles. The Balaban J connectivity index is 1.80. The van der Waals surface area contributed by atoms with Gasteiger partial charge in [-0.2, -0.15) is 0 Å². The maximum atomic E-state index is 13.9. The van der Waals surface area contributed by atoms with Crippen molar-refractivity contribution in [3.05, 3.63) is 107 Å². The van der Waals surface area contributed by atoms with Crippen LogP contribution in [0.2, 0.25) is 0 Å². The average Bonchev–Trinajstić information content (AvgIpc) is 3.07. The van der Waals surface area contributed by atoms with Gasteiger partial charge in [-0.1, -0.05) is 60.7 Å². The number of nitrogens with zero attached hydrogens (tertiary/aromatic N) is 1. The number of hydrogen-bond acceptors (Lipinski definition) is 5. The second kappa shape index (κ2) is 11.6. The fraction of sp³-hybridized carbons (Fsp3) is 0.276. The molecule has 1 fully saturated rings. The van der Waals surface area contributed by atoms with E-state index in [1.54, 1.807) is 30.3 Å². The zero-order chi connectivity index (χ0) is 27.4. The Bertz CT molecular complexity index is 1280. The van der Waals surface area contributed by atoms with Gasteiger partial charge in [-0.25, -0.2) is 8.78 Å². The quantitative estimate of drug-likeness (QED) is 0.460. The van der Waals surface area contributed by atoms with Crippen molar-refractivity contribution >= 4 is 17.7 Å². The number of aliphatic hydroxyl groups is 1. The van der Waals surface area contributed by atoms with Gasteiger partial charge >= 0.3 is 0 Å². The molecule has 1 heterocycles. The summed E-state index contributed by atoms with van der Waals surface area (Å²) in [7, 11) is 0. The highest BCUT2D eigenvalue weighted by molar-refractivity contribution is 6.04. The number of aliphatic hydroxyl groups excluding tert-OH is 1. The van der Waals surface area contributed by atoms with Crippen molar-refractivity contribution in [1.29, 1.82) is 0 Å². The number of nitrogens with one attached hydrogen (secondary N) is 1. The van der Waals surface area contributed by atoms with Crippen LogP contribution in [0.25, 0.3) is 0 Å². The molecule has 5 atom stereocenters. The van der Waals surface area contributed by atoms with Gasteiger partial charge in [-0.15, -0.1) is 0 Å².